The molecule has 0 spiro atoms. The lowest BCUT2D eigenvalue weighted by atomic mass is 9.98. The highest BCUT2D eigenvalue weighted by molar-refractivity contribution is 5.15. The van der Waals surface area contributed by atoms with Gasteiger partial charge in [0.05, 0.1) is 33.0 Å². The molecule has 2 unspecified atom stereocenters. The molecule has 7 heteroatoms. The third kappa shape index (κ3) is 11.6. The quantitative estimate of drug-likeness (QED) is 0.131. The summed E-state index contributed by atoms with van der Waals surface area (Å²) in [6.07, 6.45) is 4.35. The first kappa shape index (κ1) is 33.0. The molecule has 4 rings (SSSR count). The molecule has 0 aliphatic carbocycles. The number of benzene rings is 3. The Morgan fingerprint density at radius 2 is 1.16 bits per heavy atom. The highest BCUT2D eigenvalue weighted by Crippen LogP contribution is 2.29. The normalized spacial score (nSPS) is 22.2. The minimum atomic E-state index is -1.04. The molecule has 1 saturated heterocycles. The molecule has 3 aromatic carbocycles. The molecule has 1 heterocycles. The summed E-state index contributed by atoms with van der Waals surface area (Å²) in [6, 6.07) is 29.9. The van der Waals surface area contributed by atoms with Gasteiger partial charge in [0.25, 0.3) is 0 Å². The summed E-state index contributed by atoms with van der Waals surface area (Å²) in [4.78, 5) is 0. The van der Waals surface area contributed by atoms with Crippen molar-refractivity contribution in [3.8, 4) is 0 Å². The summed E-state index contributed by atoms with van der Waals surface area (Å²) in [7, 11) is 1.72. The molecule has 43 heavy (non-hydrogen) atoms. The van der Waals surface area contributed by atoms with Crippen molar-refractivity contribution in [2.45, 2.75) is 76.2 Å². The molecule has 1 aliphatic rings. The van der Waals surface area contributed by atoms with Crippen LogP contribution in [0.25, 0.3) is 0 Å². The number of aliphatic hydroxyl groups excluding tert-OH is 1. The average Bonchev–Trinajstić information content (AvgIpc) is 3.05. The fraction of sp³-hybridized carbons (Fsp3) is 0.444. The van der Waals surface area contributed by atoms with Crippen LogP contribution in [0.4, 0.5) is 0 Å². The Labute approximate surface area is 256 Å². The number of allylic oxidation sites excluding steroid dienone is 2. The summed E-state index contributed by atoms with van der Waals surface area (Å²) in [5.74, 6) is 0. The molecule has 232 valence electrons. The van der Waals surface area contributed by atoms with E-state index < -0.39 is 30.7 Å². The summed E-state index contributed by atoms with van der Waals surface area (Å²) >= 11 is 0. The number of unbranched alkanes of at least 4 members (excludes halogenated alkanes) is 2. The number of aliphatic hydroxyl groups is 1. The Kier molecular flexibility index (Phi) is 14.9. The van der Waals surface area contributed by atoms with Crippen LogP contribution in [0.2, 0.25) is 0 Å². The molecule has 1 aliphatic heterocycles. The van der Waals surface area contributed by atoms with E-state index in [1.807, 2.05) is 91.0 Å². The molecular weight excluding hydrogens is 544 g/mol. The van der Waals surface area contributed by atoms with Gasteiger partial charge in [0.1, 0.15) is 24.4 Å². The van der Waals surface area contributed by atoms with E-state index in [1.165, 1.54) is 0 Å². The second kappa shape index (κ2) is 19.4. The zero-order chi connectivity index (χ0) is 30.0. The fourth-order valence-electron chi connectivity index (χ4n) is 4.94. The number of rotatable bonds is 19. The van der Waals surface area contributed by atoms with Crippen LogP contribution in [0.5, 0.6) is 0 Å². The van der Waals surface area contributed by atoms with E-state index in [1.54, 1.807) is 7.11 Å². The summed E-state index contributed by atoms with van der Waals surface area (Å²) in [5.41, 5.74) is 3.10. The molecule has 3 aromatic rings. The number of ether oxygens (including phenoxy) is 6. The molecule has 7 nitrogen and oxygen atoms in total. The lowest BCUT2D eigenvalue weighted by Gasteiger charge is -2.44. The van der Waals surface area contributed by atoms with Crippen molar-refractivity contribution >= 4 is 0 Å². The Morgan fingerprint density at radius 1 is 0.651 bits per heavy atom. The monoisotopic (exact) mass is 590 g/mol. The van der Waals surface area contributed by atoms with Crippen molar-refractivity contribution in [1.29, 1.82) is 0 Å². The molecule has 0 saturated carbocycles. The van der Waals surface area contributed by atoms with Gasteiger partial charge in [0.15, 0.2) is 6.29 Å². The summed E-state index contributed by atoms with van der Waals surface area (Å²) < 4.78 is 36.5. The van der Waals surface area contributed by atoms with Gasteiger partial charge >= 0.3 is 0 Å². The van der Waals surface area contributed by atoms with Crippen LogP contribution in [0.1, 0.15) is 42.4 Å². The first-order chi connectivity index (χ1) is 21.2. The fourth-order valence-corrected chi connectivity index (χ4v) is 4.94. The SMILES string of the molecule is COCCC/C=C\CCCO[C@H]1OC(COCc2ccccc2)[C@@H](OCc2ccccc2)[C@@H](OCc2ccccc2)C1O. The van der Waals surface area contributed by atoms with Crippen LogP contribution < -0.4 is 0 Å². The molecule has 0 amide bonds. The van der Waals surface area contributed by atoms with Crippen molar-refractivity contribution in [3.63, 3.8) is 0 Å². The van der Waals surface area contributed by atoms with E-state index in [0.717, 1.165) is 49.0 Å². The van der Waals surface area contributed by atoms with Gasteiger partial charge in [-0.1, -0.05) is 103 Å². The number of hydrogen-bond acceptors (Lipinski definition) is 7. The Balaban J connectivity index is 1.43. The first-order valence-corrected chi connectivity index (χ1v) is 15.3. The topological polar surface area (TPSA) is 75.6 Å². The third-order valence-corrected chi connectivity index (χ3v) is 7.26. The Hall–Kier alpha value is -2.88. The summed E-state index contributed by atoms with van der Waals surface area (Å²) in [5, 5.41) is 11.5. The zero-order valence-electron chi connectivity index (χ0n) is 25.2. The maximum atomic E-state index is 11.5. The molecule has 1 fully saturated rings. The van der Waals surface area contributed by atoms with Gasteiger partial charge < -0.3 is 33.5 Å². The lowest BCUT2D eigenvalue weighted by Crippen LogP contribution is -2.61. The second-order valence-electron chi connectivity index (χ2n) is 10.7. The van der Waals surface area contributed by atoms with Crippen LogP contribution in [0, 0.1) is 0 Å². The zero-order valence-corrected chi connectivity index (χ0v) is 25.2. The average molecular weight is 591 g/mol. The van der Waals surface area contributed by atoms with E-state index in [2.05, 4.69) is 12.2 Å². The van der Waals surface area contributed by atoms with Crippen molar-refractivity contribution in [2.24, 2.45) is 0 Å². The van der Waals surface area contributed by atoms with Crippen molar-refractivity contribution < 1.29 is 33.5 Å². The predicted molar refractivity (Wildman–Crippen MR) is 166 cm³/mol. The third-order valence-electron chi connectivity index (χ3n) is 7.26. The van der Waals surface area contributed by atoms with Gasteiger partial charge in [-0.15, -0.1) is 0 Å². The van der Waals surface area contributed by atoms with E-state index in [0.29, 0.717) is 26.4 Å². The summed E-state index contributed by atoms with van der Waals surface area (Å²) in [6.45, 7) is 2.59. The van der Waals surface area contributed by atoms with Gasteiger partial charge in [-0.2, -0.15) is 0 Å². The molecular formula is C36H46O7. The predicted octanol–water partition coefficient (Wildman–Crippen LogP) is 6.24. The van der Waals surface area contributed by atoms with Gasteiger partial charge in [0, 0.05) is 13.7 Å². The maximum Gasteiger partial charge on any atom is 0.186 e. The number of hydrogen-bond donors (Lipinski definition) is 1. The molecule has 5 atom stereocenters. The maximum absolute atomic E-state index is 11.5. The van der Waals surface area contributed by atoms with E-state index >= 15 is 0 Å². The van der Waals surface area contributed by atoms with Crippen molar-refractivity contribution in [3.05, 3.63) is 120 Å². The van der Waals surface area contributed by atoms with E-state index in [-0.39, 0.29) is 6.61 Å². The molecule has 0 radical (unpaired) electrons. The molecule has 1 N–H and O–H groups in total. The minimum Gasteiger partial charge on any atom is -0.385 e. The van der Waals surface area contributed by atoms with Gasteiger partial charge in [-0.05, 0) is 42.4 Å². The van der Waals surface area contributed by atoms with Crippen molar-refractivity contribution in [2.75, 3.05) is 26.9 Å². The lowest BCUT2D eigenvalue weighted by molar-refractivity contribution is -0.319. The van der Waals surface area contributed by atoms with Crippen LogP contribution in [-0.2, 0) is 48.2 Å². The van der Waals surface area contributed by atoms with Crippen LogP contribution in [-0.4, -0.2) is 62.7 Å². The van der Waals surface area contributed by atoms with Gasteiger partial charge in [-0.25, -0.2) is 0 Å². The standard InChI is InChI=1S/C36H46O7/c1-38-23-15-4-2-3-5-16-24-40-36-33(37)35(42-27-31-21-13-8-14-22-31)34(41-26-30-19-11-7-12-20-30)32(43-36)28-39-25-29-17-9-6-10-18-29/h2-3,6-14,17-22,32-37H,4-5,15-16,23-28H2,1H3/b3-2-/t32?,33?,34-,35+,36+/m1/s1. The second-order valence-corrected chi connectivity index (χ2v) is 10.7. The van der Waals surface area contributed by atoms with Crippen molar-refractivity contribution in [1.82, 2.24) is 0 Å². The number of methoxy groups -OCH3 is 1. The first-order valence-electron chi connectivity index (χ1n) is 15.3. The minimum absolute atomic E-state index is 0.260. The largest absolute Gasteiger partial charge is 0.385 e. The smallest absolute Gasteiger partial charge is 0.186 e. The Bertz CT molecular complexity index is 1140. The molecule has 0 aromatic heterocycles. The van der Waals surface area contributed by atoms with Crippen LogP contribution in [0.3, 0.4) is 0 Å². The highest BCUT2D eigenvalue weighted by atomic mass is 16.7. The van der Waals surface area contributed by atoms with Gasteiger partial charge in [-0.3, -0.25) is 0 Å². The molecule has 0 bridgehead atoms. The Morgan fingerprint density at radius 3 is 1.72 bits per heavy atom. The van der Waals surface area contributed by atoms with Gasteiger partial charge in [0.2, 0.25) is 0 Å². The van der Waals surface area contributed by atoms with Crippen LogP contribution in [0.15, 0.2) is 103 Å². The van der Waals surface area contributed by atoms with E-state index in [4.69, 9.17) is 28.4 Å². The van der Waals surface area contributed by atoms with E-state index in [9.17, 15) is 5.11 Å². The highest BCUT2D eigenvalue weighted by Gasteiger charge is 2.47. The van der Waals surface area contributed by atoms with Crippen LogP contribution >= 0.6 is 0 Å².